The largest absolute Gasteiger partial charge is 1.00 e. The number of carbonyl (C=O) groups is 2. The van der Waals surface area contributed by atoms with Crippen molar-refractivity contribution in [2.24, 2.45) is 0 Å². The number of hydrogen-bond acceptors (Lipinski definition) is 5. The number of rotatable bonds is 3. The maximum absolute atomic E-state index is 12.2. The summed E-state index contributed by atoms with van der Waals surface area (Å²) in [6.45, 7) is 0. The smallest absolute Gasteiger partial charge is 0.543 e. The first-order valence-electron chi connectivity index (χ1n) is 5.53. The van der Waals surface area contributed by atoms with E-state index in [2.05, 4.69) is 0 Å². The van der Waals surface area contributed by atoms with E-state index < -0.39 is 34.4 Å². The van der Waals surface area contributed by atoms with Gasteiger partial charge in [-0.2, -0.15) is 0 Å². The minimum atomic E-state index is -2.00. The number of benzene rings is 1. The number of aromatic amines is 1. The van der Waals surface area contributed by atoms with Crippen LogP contribution in [0.2, 0.25) is 10.0 Å². The van der Waals surface area contributed by atoms with Gasteiger partial charge in [0.15, 0.2) is 5.56 Å². The molecule has 1 aromatic carbocycles. The van der Waals surface area contributed by atoms with Crippen LogP contribution in [0.15, 0.2) is 27.8 Å². The minimum absolute atomic E-state index is 0. The fourth-order valence-electron chi connectivity index (χ4n) is 1.79. The van der Waals surface area contributed by atoms with Crippen LogP contribution in [-0.4, -0.2) is 26.6 Å². The molecule has 0 saturated heterocycles. The molecule has 0 spiro atoms. The second kappa shape index (κ2) is 7.06. The molecule has 0 fully saturated rings. The first-order valence-corrected chi connectivity index (χ1v) is 6.28. The summed E-state index contributed by atoms with van der Waals surface area (Å²) in [7, 11) is 0. The van der Waals surface area contributed by atoms with E-state index in [4.69, 9.17) is 28.3 Å². The number of nitrogens with zero attached hydrogens (tertiary/aromatic N) is 1. The molecule has 23 heavy (non-hydrogen) atoms. The number of carboxylic acid groups (broad SMARTS) is 2. The molecule has 2 aromatic rings. The van der Waals surface area contributed by atoms with Gasteiger partial charge in [0.25, 0.3) is 5.56 Å². The Hall–Kier alpha value is -1.98. The summed E-state index contributed by atoms with van der Waals surface area (Å²) in [5.74, 6) is -3.83. The predicted octanol–water partition coefficient (Wildman–Crippen LogP) is -3.10. The maximum atomic E-state index is 12.2. The van der Waals surface area contributed by atoms with Crippen molar-refractivity contribution in [1.29, 1.82) is 0 Å². The Labute approximate surface area is 149 Å². The Bertz CT molecular complexity index is 900. The van der Waals surface area contributed by atoms with Gasteiger partial charge < -0.3 is 20.0 Å². The zero-order valence-electron chi connectivity index (χ0n) is 11.4. The van der Waals surface area contributed by atoms with Gasteiger partial charge in [0.2, 0.25) is 0 Å². The average molecular weight is 351 g/mol. The molecule has 0 saturated carbocycles. The summed E-state index contributed by atoms with van der Waals surface area (Å²) in [5, 5.41) is 20.0. The van der Waals surface area contributed by atoms with E-state index in [1.54, 1.807) is 4.98 Å². The Morgan fingerprint density at radius 2 is 1.65 bits per heavy atom. The zero-order chi connectivity index (χ0) is 16.6. The molecule has 11 heteroatoms. The van der Waals surface area contributed by atoms with Gasteiger partial charge in [-0.1, -0.05) is 23.2 Å². The van der Waals surface area contributed by atoms with Crippen LogP contribution >= 0.6 is 23.2 Å². The number of nitrogens with one attached hydrogen (secondary N) is 1. The van der Waals surface area contributed by atoms with E-state index in [0.29, 0.717) is 4.57 Å². The molecule has 2 N–H and O–H groups in total. The number of H-pyrrole nitrogens is 1. The van der Waals surface area contributed by atoms with Crippen molar-refractivity contribution in [2.45, 2.75) is 0 Å². The Kier molecular flexibility index (Phi) is 5.85. The quantitative estimate of drug-likeness (QED) is 0.563. The Morgan fingerprint density at radius 1 is 1.13 bits per heavy atom. The number of aromatic carboxylic acids is 2. The van der Waals surface area contributed by atoms with Crippen molar-refractivity contribution < 1.29 is 38.7 Å². The van der Waals surface area contributed by atoms with Gasteiger partial charge in [0.05, 0.1) is 17.4 Å². The van der Waals surface area contributed by atoms with E-state index in [1.165, 1.54) is 18.2 Å². The van der Waals surface area contributed by atoms with Crippen molar-refractivity contribution >= 4 is 35.1 Å². The SMILES string of the molecule is O=C([O-])c1[nH]c(=O)n(-c2cc(Cl)cc(Cl)c2)c(=O)c1C(=O)O.[Li+]. The Balaban J connectivity index is 0.00000264. The third-order valence-electron chi connectivity index (χ3n) is 2.63. The molecule has 0 bridgehead atoms. The van der Waals surface area contributed by atoms with Gasteiger partial charge in [0, 0.05) is 10.0 Å². The summed E-state index contributed by atoms with van der Waals surface area (Å²) in [4.78, 5) is 47.8. The molecular formula is C12H5Cl2LiN2O6. The van der Waals surface area contributed by atoms with Crippen molar-refractivity contribution in [2.75, 3.05) is 0 Å². The fraction of sp³-hybridized carbons (Fsp3) is 0. The first kappa shape index (κ1) is 19.1. The van der Waals surface area contributed by atoms with Crippen molar-refractivity contribution in [1.82, 2.24) is 9.55 Å². The van der Waals surface area contributed by atoms with Crippen LogP contribution in [-0.2, 0) is 0 Å². The molecule has 0 atom stereocenters. The molecule has 2 rings (SSSR count). The van der Waals surface area contributed by atoms with Crippen molar-refractivity contribution in [3.05, 3.63) is 60.3 Å². The predicted molar refractivity (Wildman–Crippen MR) is 74.0 cm³/mol. The van der Waals surface area contributed by atoms with Crippen molar-refractivity contribution in [3.8, 4) is 5.69 Å². The standard InChI is InChI=1S/C12H6Cl2N2O6.Li/c13-4-1-5(14)3-6(2-4)16-9(17)7(10(18)19)8(11(20)21)15-12(16)22;/h1-3H,(H,15,22)(H,18,19)(H,20,21);/q;+1/p-1. The summed E-state index contributed by atoms with van der Waals surface area (Å²) in [5.41, 5.74) is -4.90. The van der Waals surface area contributed by atoms with Crippen molar-refractivity contribution in [3.63, 3.8) is 0 Å². The number of aromatic nitrogens is 2. The molecular weight excluding hydrogens is 346 g/mol. The average Bonchev–Trinajstić information content (AvgIpc) is 2.35. The summed E-state index contributed by atoms with van der Waals surface area (Å²) in [6, 6.07) is 3.71. The number of carboxylic acids is 2. The van der Waals surface area contributed by atoms with E-state index in [1.807, 2.05) is 0 Å². The van der Waals surface area contributed by atoms with Crippen LogP contribution in [0.1, 0.15) is 20.8 Å². The molecule has 0 unspecified atom stereocenters. The zero-order valence-corrected chi connectivity index (χ0v) is 12.9. The normalized spacial score (nSPS) is 10.0. The molecule has 0 amide bonds. The first-order chi connectivity index (χ1) is 10.2. The summed E-state index contributed by atoms with van der Waals surface area (Å²) < 4.78 is 0.410. The maximum Gasteiger partial charge on any atom is 1.00 e. The van der Waals surface area contributed by atoms with Crippen LogP contribution in [0.25, 0.3) is 5.69 Å². The van der Waals surface area contributed by atoms with Gasteiger partial charge in [-0.3, -0.25) is 4.79 Å². The van der Waals surface area contributed by atoms with Gasteiger partial charge in [-0.15, -0.1) is 0 Å². The molecule has 0 aliphatic rings. The number of halogens is 2. The molecule has 0 radical (unpaired) electrons. The van der Waals surface area contributed by atoms with E-state index in [0.717, 1.165) is 0 Å². The van der Waals surface area contributed by atoms with Gasteiger partial charge in [0.1, 0.15) is 0 Å². The van der Waals surface area contributed by atoms with Crippen LogP contribution in [0.3, 0.4) is 0 Å². The van der Waals surface area contributed by atoms with Gasteiger partial charge in [-0.05, 0) is 18.2 Å². The van der Waals surface area contributed by atoms with Gasteiger partial charge in [-0.25, -0.2) is 14.2 Å². The van der Waals surface area contributed by atoms with Crippen LogP contribution < -0.4 is 35.2 Å². The van der Waals surface area contributed by atoms with E-state index in [9.17, 15) is 24.3 Å². The second-order valence-electron chi connectivity index (χ2n) is 4.04. The number of carbonyl (C=O) groups excluding carboxylic acids is 1. The molecule has 8 nitrogen and oxygen atoms in total. The summed E-state index contributed by atoms with van der Waals surface area (Å²) >= 11 is 11.5. The molecule has 1 aromatic heterocycles. The van der Waals surface area contributed by atoms with Crippen LogP contribution in [0.5, 0.6) is 0 Å². The van der Waals surface area contributed by atoms with E-state index in [-0.39, 0.29) is 34.6 Å². The summed E-state index contributed by atoms with van der Waals surface area (Å²) in [6.07, 6.45) is 0. The van der Waals surface area contributed by atoms with Gasteiger partial charge >= 0.3 is 30.5 Å². The third-order valence-corrected chi connectivity index (χ3v) is 3.06. The van der Waals surface area contributed by atoms with Crippen LogP contribution in [0, 0.1) is 0 Å². The van der Waals surface area contributed by atoms with Crippen LogP contribution in [0.4, 0.5) is 0 Å². The second-order valence-corrected chi connectivity index (χ2v) is 4.91. The van der Waals surface area contributed by atoms with E-state index >= 15 is 0 Å². The molecule has 1 heterocycles. The Morgan fingerprint density at radius 3 is 2.09 bits per heavy atom. The third kappa shape index (κ3) is 3.68. The molecule has 0 aliphatic carbocycles. The topological polar surface area (TPSA) is 132 Å². The fourth-order valence-corrected chi connectivity index (χ4v) is 2.31. The monoisotopic (exact) mass is 350 g/mol. The minimum Gasteiger partial charge on any atom is -0.543 e. The molecule has 0 aliphatic heterocycles. The number of hydrogen-bond donors (Lipinski definition) is 2. The molecule has 114 valence electrons.